The van der Waals surface area contributed by atoms with E-state index in [4.69, 9.17) is 5.11 Å². The smallest absolute Gasteiger partial charge is 0.307 e. The zero-order valence-electron chi connectivity index (χ0n) is 9.10. The van der Waals surface area contributed by atoms with Gasteiger partial charge in [-0.05, 0) is 29.4 Å². The Kier molecular flexibility index (Phi) is 2.51. The molecule has 2 rings (SSSR count). The van der Waals surface area contributed by atoms with Gasteiger partial charge < -0.3 is 5.11 Å². The van der Waals surface area contributed by atoms with Gasteiger partial charge in [-0.15, -0.1) is 0 Å². The fraction of sp³-hybridized carbons (Fsp3) is 0.462. The Balaban J connectivity index is 2.17. The average molecular weight is 204 g/mol. The van der Waals surface area contributed by atoms with Crippen LogP contribution in [0.4, 0.5) is 0 Å². The van der Waals surface area contributed by atoms with Gasteiger partial charge >= 0.3 is 5.97 Å². The molecule has 1 fully saturated rings. The summed E-state index contributed by atoms with van der Waals surface area (Å²) < 4.78 is 0. The van der Waals surface area contributed by atoms with E-state index in [1.165, 1.54) is 11.1 Å². The van der Waals surface area contributed by atoms with Crippen molar-refractivity contribution in [2.75, 3.05) is 0 Å². The summed E-state index contributed by atoms with van der Waals surface area (Å²) in [5, 5.41) is 8.86. The molecule has 0 aromatic heterocycles. The molecule has 0 heterocycles. The maximum absolute atomic E-state index is 10.8. The number of hydrogen-bond acceptors (Lipinski definition) is 1. The molecule has 0 spiro atoms. The number of benzene rings is 1. The summed E-state index contributed by atoms with van der Waals surface area (Å²) >= 11 is 0. The number of aliphatic carboxylic acids is 1. The SMILES string of the molecule is CC(C)c1cccc(C2CC2C(=O)O)c1. The Morgan fingerprint density at radius 1 is 1.47 bits per heavy atom. The van der Waals surface area contributed by atoms with Gasteiger partial charge in [0.1, 0.15) is 0 Å². The third kappa shape index (κ3) is 2.04. The van der Waals surface area contributed by atoms with Crippen LogP contribution in [0.3, 0.4) is 0 Å². The van der Waals surface area contributed by atoms with Gasteiger partial charge in [0.15, 0.2) is 0 Å². The lowest BCUT2D eigenvalue weighted by molar-refractivity contribution is -0.138. The zero-order chi connectivity index (χ0) is 11.0. The molecular formula is C13H16O2. The van der Waals surface area contributed by atoms with Gasteiger partial charge in [-0.1, -0.05) is 38.1 Å². The van der Waals surface area contributed by atoms with Gasteiger partial charge in [-0.3, -0.25) is 4.79 Å². The van der Waals surface area contributed by atoms with Crippen LogP contribution >= 0.6 is 0 Å². The minimum absolute atomic E-state index is 0.146. The van der Waals surface area contributed by atoms with Crippen molar-refractivity contribution in [2.45, 2.75) is 32.1 Å². The Morgan fingerprint density at radius 2 is 2.20 bits per heavy atom. The molecule has 0 saturated heterocycles. The van der Waals surface area contributed by atoms with Crippen molar-refractivity contribution in [1.29, 1.82) is 0 Å². The van der Waals surface area contributed by atoms with Crippen LogP contribution in [0.5, 0.6) is 0 Å². The molecule has 2 unspecified atom stereocenters. The molecule has 15 heavy (non-hydrogen) atoms. The molecule has 0 amide bonds. The molecule has 0 bridgehead atoms. The van der Waals surface area contributed by atoms with Crippen LogP contribution in [0.2, 0.25) is 0 Å². The summed E-state index contributed by atoms with van der Waals surface area (Å²) in [5.41, 5.74) is 2.48. The summed E-state index contributed by atoms with van der Waals surface area (Å²) in [6.07, 6.45) is 0.802. The summed E-state index contributed by atoms with van der Waals surface area (Å²) in [4.78, 5) is 10.8. The van der Waals surface area contributed by atoms with E-state index in [-0.39, 0.29) is 11.8 Å². The highest BCUT2D eigenvalue weighted by Gasteiger charge is 2.44. The van der Waals surface area contributed by atoms with E-state index in [1.54, 1.807) is 0 Å². The van der Waals surface area contributed by atoms with Gasteiger partial charge in [0.05, 0.1) is 5.92 Å². The average Bonchev–Trinajstić information content (AvgIpc) is 2.97. The topological polar surface area (TPSA) is 37.3 Å². The predicted octanol–water partition coefficient (Wildman–Crippen LogP) is 3.00. The van der Waals surface area contributed by atoms with Crippen molar-refractivity contribution >= 4 is 5.97 Å². The van der Waals surface area contributed by atoms with E-state index in [2.05, 4.69) is 26.0 Å². The second-order valence-corrected chi connectivity index (χ2v) is 4.61. The lowest BCUT2D eigenvalue weighted by Gasteiger charge is -2.07. The van der Waals surface area contributed by atoms with Crippen LogP contribution in [-0.2, 0) is 4.79 Å². The first-order valence-electron chi connectivity index (χ1n) is 5.42. The summed E-state index contributed by atoms with van der Waals surface area (Å²) in [6, 6.07) is 8.33. The zero-order valence-corrected chi connectivity index (χ0v) is 9.10. The van der Waals surface area contributed by atoms with Gasteiger partial charge in [0.2, 0.25) is 0 Å². The monoisotopic (exact) mass is 204 g/mol. The second kappa shape index (κ2) is 3.69. The maximum Gasteiger partial charge on any atom is 0.307 e. The highest BCUT2D eigenvalue weighted by Crippen LogP contribution is 2.47. The number of hydrogen-bond donors (Lipinski definition) is 1. The standard InChI is InChI=1S/C13H16O2/c1-8(2)9-4-3-5-10(6-9)11-7-12(11)13(14)15/h3-6,8,11-12H,7H2,1-2H3,(H,14,15). The van der Waals surface area contributed by atoms with Crippen LogP contribution in [0.15, 0.2) is 24.3 Å². The van der Waals surface area contributed by atoms with Crippen molar-refractivity contribution < 1.29 is 9.90 Å². The third-order valence-electron chi connectivity index (χ3n) is 3.11. The molecule has 0 aliphatic heterocycles. The highest BCUT2D eigenvalue weighted by atomic mass is 16.4. The Labute approximate surface area is 89.9 Å². The minimum Gasteiger partial charge on any atom is -0.481 e. The van der Waals surface area contributed by atoms with E-state index >= 15 is 0 Å². The molecule has 2 heteroatoms. The molecule has 0 radical (unpaired) electrons. The maximum atomic E-state index is 10.8. The Hall–Kier alpha value is -1.31. The highest BCUT2D eigenvalue weighted by molar-refractivity contribution is 5.75. The number of rotatable bonds is 3. The predicted molar refractivity (Wildman–Crippen MR) is 59.0 cm³/mol. The normalized spacial score (nSPS) is 24.2. The van der Waals surface area contributed by atoms with Crippen molar-refractivity contribution in [2.24, 2.45) is 5.92 Å². The lowest BCUT2D eigenvalue weighted by Crippen LogP contribution is -1.99. The van der Waals surface area contributed by atoms with E-state index in [9.17, 15) is 4.79 Å². The Morgan fingerprint density at radius 3 is 2.73 bits per heavy atom. The lowest BCUT2D eigenvalue weighted by atomic mass is 9.98. The van der Waals surface area contributed by atoms with Crippen molar-refractivity contribution in [3.05, 3.63) is 35.4 Å². The van der Waals surface area contributed by atoms with Gasteiger partial charge in [0.25, 0.3) is 0 Å². The van der Waals surface area contributed by atoms with Gasteiger partial charge in [-0.25, -0.2) is 0 Å². The first-order valence-corrected chi connectivity index (χ1v) is 5.42. The van der Waals surface area contributed by atoms with Crippen LogP contribution in [-0.4, -0.2) is 11.1 Å². The van der Waals surface area contributed by atoms with Crippen molar-refractivity contribution in [1.82, 2.24) is 0 Å². The molecular weight excluding hydrogens is 188 g/mol. The van der Waals surface area contributed by atoms with Crippen LogP contribution in [0, 0.1) is 5.92 Å². The fourth-order valence-electron chi connectivity index (χ4n) is 1.99. The van der Waals surface area contributed by atoms with E-state index < -0.39 is 5.97 Å². The third-order valence-corrected chi connectivity index (χ3v) is 3.11. The van der Waals surface area contributed by atoms with Gasteiger partial charge in [-0.2, -0.15) is 0 Å². The molecule has 1 N–H and O–H groups in total. The van der Waals surface area contributed by atoms with Gasteiger partial charge in [0, 0.05) is 0 Å². The molecule has 1 aliphatic carbocycles. The van der Waals surface area contributed by atoms with Crippen LogP contribution in [0.25, 0.3) is 0 Å². The van der Waals surface area contributed by atoms with Crippen molar-refractivity contribution in [3.8, 4) is 0 Å². The largest absolute Gasteiger partial charge is 0.481 e. The van der Waals surface area contributed by atoms with Crippen LogP contribution in [0.1, 0.15) is 43.2 Å². The number of carboxylic acids is 1. The summed E-state index contributed by atoms with van der Waals surface area (Å²) in [7, 11) is 0. The van der Waals surface area contributed by atoms with Crippen molar-refractivity contribution in [3.63, 3.8) is 0 Å². The van der Waals surface area contributed by atoms with Crippen LogP contribution < -0.4 is 0 Å². The fourth-order valence-corrected chi connectivity index (χ4v) is 1.99. The molecule has 1 aliphatic rings. The van der Waals surface area contributed by atoms with E-state index in [1.807, 2.05) is 12.1 Å². The molecule has 80 valence electrons. The first-order chi connectivity index (χ1) is 7.09. The molecule has 2 atom stereocenters. The number of carboxylic acid groups (broad SMARTS) is 1. The molecule has 1 aromatic rings. The Bertz CT molecular complexity index is 382. The molecule has 1 aromatic carbocycles. The summed E-state index contributed by atoms with van der Waals surface area (Å²) in [5.74, 6) is -0.0458. The molecule has 2 nitrogen and oxygen atoms in total. The molecule has 1 saturated carbocycles. The second-order valence-electron chi connectivity index (χ2n) is 4.61. The van der Waals surface area contributed by atoms with E-state index in [0.29, 0.717) is 5.92 Å². The van der Waals surface area contributed by atoms with E-state index in [0.717, 1.165) is 6.42 Å². The first kappa shape index (κ1) is 10.2. The quantitative estimate of drug-likeness (QED) is 0.821. The summed E-state index contributed by atoms with van der Waals surface area (Å²) in [6.45, 7) is 4.31. The number of carbonyl (C=O) groups is 1. The minimum atomic E-state index is -0.657.